The van der Waals surface area contributed by atoms with Gasteiger partial charge in [0, 0.05) is 25.9 Å². The molecule has 0 radical (unpaired) electrons. The average Bonchev–Trinajstić information content (AvgIpc) is 3.96. The Hall–Kier alpha value is -5.95. The van der Waals surface area contributed by atoms with Crippen LogP contribution >= 0.6 is 0 Å². The molecule has 0 bridgehead atoms. The Kier molecular flexibility index (Phi) is 22.4. The second-order valence-corrected chi connectivity index (χ2v) is 17.1. The molecule has 25 nitrogen and oxygen atoms in total. The van der Waals surface area contributed by atoms with Crippen LogP contribution in [0.5, 0.6) is 0 Å². The average molecular weight is 941 g/mol. The molecule has 2 saturated heterocycles. The Labute approximate surface area is 382 Å². The highest BCUT2D eigenvalue weighted by atomic mass is 16.4. The fourth-order valence-electron chi connectivity index (χ4n) is 7.34. The Morgan fingerprint density at radius 1 is 0.652 bits per heavy atom. The quantitative estimate of drug-likeness (QED) is 0.0389. The second kappa shape index (κ2) is 26.3. The summed E-state index contributed by atoms with van der Waals surface area (Å²) in [5.41, 5.74) is 11.2. The number of carboxylic acids is 2. The van der Waals surface area contributed by atoms with Gasteiger partial charge in [-0.15, -0.1) is 0 Å². The van der Waals surface area contributed by atoms with Crippen LogP contribution in [0.15, 0.2) is 0 Å². The van der Waals surface area contributed by atoms with E-state index < -0.39 is 151 Å². The molecule has 14 N–H and O–H groups in total. The number of primary amides is 1. The van der Waals surface area contributed by atoms with Gasteiger partial charge in [-0.3, -0.25) is 52.7 Å². The number of amides is 9. The molecule has 2 aliphatic rings. The molecule has 0 aliphatic carbocycles. The van der Waals surface area contributed by atoms with Gasteiger partial charge < -0.3 is 73.6 Å². The van der Waals surface area contributed by atoms with E-state index in [1.807, 2.05) is 0 Å². The van der Waals surface area contributed by atoms with E-state index in [-0.39, 0.29) is 51.1 Å². The lowest BCUT2D eigenvalue weighted by Crippen LogP contribution is -2.62. The van der Waals surface area contributed by atoms with Gasteiger partial charge in [0.1, 0.15) is 48.3 Å². The van der Waals surface area contributed by atoms with Crippen molar-refractivity contribution < 1.29 is 73.2 Å². The van der Waals surface area contributed by atoms with Crippen LogP contribution in [-0.4, -0.2) is 176 Å². The van der Waals surface area contributed by atoms with Crippen molar-refractivity contribution in [3.8, 4) is 0 Å². The van der Waals surface area contributed by atoms with E-state index in [0.717, 1.165) is 11.8 Å². The zero-order chi connectivity index (χ0) is 50.2. The highest BCUT2D eigenvalue weighted by molar-refractivity contribution is 5.98. The predicted molar refractivity (Wildman–Crippen MR) is 231 cm³/mol. The summed E-state index contributed by atoms with van der Waals surface area (Å²) in [4.78, 5) is 145. The summed E-state index contributed by atoms with van der Waals surface area (Å²) in [6.45, 7) is 8.18. The van der Waals surface area contributed by atoms with Crippen LogP contribution in [0.3, 0.4) is 0 Å². The molecule has 372 valence electrons. The molecule has 2 fully saturated rings. The van der Waals surface area contributed by atoms with E-state index in [9.17, 15) is 73.2 Å². The summed E-state index contributed by atoms with van der Waals surface area (Å²) in [5.74, 6) is -11.5. The van der Waals surface area contributed by atoms with Crippen LogP contribution in [0.2, 0.25) is 0 Å². The SMILES string of the molecule is CC[C@H](C)[C@H](NC(=O)[C@H](CCC(N)=O)NC(=O)[C@@H](N)C(C)C)C(=O)N[C@@H](CCC(=O)O)C(=O)N[C@H](C(=O)N[C@@H](CO)C(=O)N1CCC[C@H]1C(=O)N1CCC[C@H]1C(=O)N[C@@H](C)C(=O)O)[C@@H](C)O. The van der Waals surface area contributed by atoms with E-state index in [0.29, 0.717) is 12.8 Å². The van der Waals surface area contributed by atoms with Gasteiger partial charge in [-0.1, -0.05) is 34.1 Å². The fraction of sp³-hybridized carbons (Fsp3) is 0.732. The highest BCUT2D eigenvalue weighted by Gasteiger charge is 2.44. The molecule has 2 heterocycles. The molecule has 2 aliphatic heterocycles. The third-order valence-corrected chi connectivity index (χ3v) is 11.7. The number of hydrogen-bond donors (Lipinski definition) is 12. The maximum atomic E-state index is 13.9. The number of aliphatic hydroxyl groups is 2. The maximum absolute atomic E-state index is 13.9. The van der Waals surface area contributed by atoms with Crippen molar-refractivity contribution in [2.75, 3.05) is 19.7 Å². The third-order valence-electron chi connectivity index (χ3n) is 11.7. The van der Waals surface area contributed by atoms with Crippen molar-refractivity contribution in [3.05, 3.63) is 0 Å². The Morgan fingerprint density at radius 3 is 1.65 bits per heavy atom. The number of carbonyl (C=O) groups excluding carboxylic acids is 9. The lowest BCUT2D eigenvalue weighted by molar-refractivity contribution is -0.149. The minimum Gasteiger partial charge on any atom is -0.481 e. The van der Waals surface area contributed by atoms with Gasteiger partial charge in [-0.25, -0.2) is 0 Å². The van der Waals surface area contributed by atoms with Gasteiger partial charge in [0.2, 0.25) is 53.2 Å². The largest absolute Gasteiger partial charge is 0.481 e. The normalized spacial score (nSPS) is 20.0. The first-order valence-electron chi connectivity index (χ1n) is 22.1. The summed E-state index contributed by atoms with van der Waals surface area (Å²) < 4.78 is 0. The summed E-state index contributed by atoms with van der Waals surface area (Å²) in [5, 5.41) is 53.8. The molecule has 11 atom stereocenters. The Bertz CT molecular complexity index is 1800. The number of aliphatic carboxylic acids is 2. The van der Waals surface area contributed by atoms with Crippen molar-refractivity contribution in [1.82, 2.24) is 41.7 Å². The maximum Gasteiger partial charge on any atom is 0.325 e. The summed E-state index contributed by atoms with van der Waals surface area (Å²) >= 11 is 0. The van der Waals surface area contributed by atoms with E-state index in [2.05, 4.69) is 31.9 Å². The molecular weight excluding hydrogens is 873 g/mol. The summed E-state index contributed by atoms with van der Waals surface area (Å²) in [7, 11) is 0. The number of nitrogens with zero attached hydrogens (tertiary/aromatic N) is 2. The van der Waals surface area contributed by atoms with E-state index >= 15 is 0 Å². The molecule has 0 aromatic heterocycles. The molecule has 0 aromatic carbocycles. The first-order valence-corrected chi connectivity index (χ1v) is 22.1. The number of carbonyl (C=O) groups is 11. The van der Waals surface area contributed by atoms with Crippen molar-refractivity contribution in [2.24, 2.45) is 23.3 Å². The number of rotatable bonds is 26. The Morgan fingerprint density at radius 2 is 1.15 bits per heavy atom. The number of hydrogen-bond acceptors (Lipinski definition) is 14. The number of aliphatic hydroxyl groups excluding tert-OH is 2. The number of carboxylic acid groups (broad SMARTS) is 2. The topological polar surface area (TPSA) is 399 Å². The lowest BCUT2D eigenvalue weighted by atomic mass is 9.96. The molecule has 25 heteroatoms. The summed E-state index contributed by atoms with van der Waals surface area (Å²) in [6.07, 6.45) is -2.02. The lowest BCUT2D eigenvalue weighted by Gasteiger charge is -2.33. The molecule has 0 unspecified atom stereocenters. The van der Waals surface area contributed by atoms with E-state index in [1.165, 1.54) is 11.8 Å². The van der Waals surface area contributed by atoms with Crippen LogP contribution in [0.25, 0.3) is 0 Å². The monoisotopic (exact) mass is 940 g/mol. The van der Waals surface area contributed by atoms with Crippen LogP contribution in [0, 0.1) is 11.8 Å². The fourth-order valence-corrected chi connectivity index (χ4v) is 7.34. The first kappa shape index (κ1) is 56.2. The molecule has 0 saturated carbocycles. The number of nitrogens with one attached hydrogen (secondary N) is 6. The summed E-state index contributed by atoms with van der Waals surface area (Å²) in [6, 6.07) is -12.4. The third kappa shape index (κ3) is 16.2. The van der Waals surface area contributed by atoms with Crippen molar-refractivity contribution in [2.45, 2.75) is 160 Å². The molecule has 9 amide bonds. The number of likely N-dealkylation sites (tertiary alicyclic amines) is 2. The first-order chi connectivity index (χ1) is 30.9. The zero-order valence-electron chi connectivity index (χ0n) is 38.2. The Balaban J connectivity index is 2.29. The molecule has 0 spiro atoms. The van der Waals surface area contributed by atoms with Crippen LogP contribution < -0.4 is 43.4 Å². The molecular formula is C41H68N10O15. The van der Waals surface area contributed by atoms with E-state index in [1.54, 1.807) is 27.7 Å². The minimum atomic E-state index is -1.87. The van der Waals surface area contributed by atoms with Crippen molar-refractivity contribution in [3.63, 3.8) is 0 Å². The van der Waals surface area contributed by atoms with Crippen molar-refractivity contribution >= 4 is 65.1 Å². The predicted octanol–water partition coefficient (Wildman–Crippen LogP) is -4.49. The van der Waals surface area contributed by atoms with Gasteiger partial charge in [0.05, 0.1) is 18.8 Å². The number of nitrogens with two attached hydrogens (primary N) is 2. The van der Waals surface area contributed by atoms with Gasteiger partial charge >= 0.3 is 11.9 Å². The standard InChI is InChI=1S/C41H68N10O15/c1-7-20(4)31(48-33(57)23(12-14-28(42)54)45-36(60)30(43)19(2)3)37(61)46-24(13-15-29(55)56)34(58)49-32(22(6)53)38(62)47-25(18-52)39(63)51-17-9-11-27(51)40(64)50-16-8-10-26(50)35(59)44-21(5)41(65)66/h19-27,30-32,52-53H,7-18,43H2,1-6H3,(H2,42,54)(H,44,59)(H,45,60)(H,46,61)(H,47,62)(H,48,57)(H,49,58)(H,55,56)(H,65,66)/t20-,21-,22+,23-,24-,25-,26-,27-,30-,31-,32-/m0/s1. The molecule has 0 aromatic rings. The van der Waals surface area contributed by atoms with Gasteiger partial charge in [-0.2, -0.15) is 0 Å². The van der Waals surface area contributed by atoms with Gasteiger partial charge in [0.25, 0.3) is 0 Å². The van der Waals surface area contributed by atoms with Crippen LogP contribution in [0.4, 0.5) is 0 Å². The highest BCUT2D eigenvalue weighted by Crippen LogP contribution is 2.26. The van der Waals surface area contributed by atoms with Crippen molar-refractivity contribution in [1.29, 1.82) is 0 Å². The second-order valence-electron chi connectivity index (χ2n) is 17.1. The minimum absolute atomic E-state index is 0.0247. The molecule has 2 rings (SSSR count). The zero-order valence-corrected chi connectivity index (χ0v) is 38.2. The molecule has 66 heavy (non-hydrogen) atoms. The smallest absolute Gasteiger partial charge is 0.325 e. The van der Waals surface area contributed by atoms with Gasteiger partial charge in [-0.05, 0) is 64.2 Å². The van der Waals surface area contributed by atoms with Crippen LogP contribution in [0.1, 0.15) is 99.3 Å². The van der Waals surface area contributed by atoms with E-state index in [4.69, 9.17) is 11.5 Å². The van der Waals surface area contributed by atoms with Crippen LogP contribution in [-0.2, 0) is 52.7 Å². The van der Waals surface area contributed by atoms with Gasteiger partial charge in [0.15, 0.2) is 0 Å².